The Balaban J connectivity index is 1.18. The Labute approximate surface area is 285 Å². The fraction of sp³-hybridized carbons (Fsp3) is 0.771. The van der Waals surface area contributed by atoms with Gasteiger partial charge in [-0.2, -0.15) is 23.5 Å². The van der Waals surface area contributed by atoms with Gasteiger partial charge in [-0.3, -0.25) is 19.2 Å². The number of Topliss-reactive ketones (excluding diaryl/α,β-unsaturated/α-hetero) is 1. The molecular weight excluding hydrogens is 641 g/mol. The summed E-state index contributed by atoms with van der Waals surface area (Å²) >= 11 is 5.21. The predicted molar refractivity (Wildman–Crippen MR) is 191 cm³/mol. The molecule has 9 atom stereocenters. The van der Waals surface area contributed by atoms with Gasteiger partial charge in [0, 0.05) is 77.6 Å². The number of thioether (sulfide) groups is 3. The van der Waals surface area contributed by atoms with E-state index in [4.69, 9.17) is 4.74 Å². The van der Waals surface area contributed by atoms with Crippen LogP contribution in [0.5, 0.6) is 0 Å². The van der Waals surface area contributed by atoms with Crippen LogP contribution in [0.25, 0.3) is 0 Å². The van der Waals surface area contributed by atoms with E-state index < -0.39 is 23.0 Å². The Morgan fingerprint density at radius 1 is 1.07 bits per heavy atom. The number of ketones is 1. The molecule has 0 amide bonds. The first-order chi connectivity index (χ1) is 21.9. The van der Waals surface area contributed by atoms with Crippen molar-refractivity contribution in [3.8, 4) is 0 Å². The maximum atomic E-state index is 13.7. The third-order valence-corrected chi connectivity index (χ3v) is 15.9. The molecule has 0 radical (unpaired) electrons. The maximum Gasteiger partial charge on any atom is 0.316 e. The first-order valence-electron chi connectivity index (χ1n) is 17.0. The van der Waals surface area contributed by atoms with Gasteiger partial charge in [-0.1, -0.05) is 33.8 Å². The lowest BCUT2D eigenvalue weighted by atomic mass is 9.44. The lowest BCUT2D eigenvalue weighted by molar-refractivity contribution is -0.205. The Hall–Kier alpha value is -1.43. The highest BCUT2D eigenvalue weighted by Crippen LogP contribution is 2.68. The molecule has 6 rings (SSSR count). The van der Waals surface area contributed by atoms with Gasteiger partial charge >= 0.3 is 5.97 Å². The monoisotopic (exact) mass is 690 g/mol. The number of carbonyl (C=O) groups excluding carboxylic acids is 2. The molecule has 2 aliphatic heterocycles. The SMILES string of the molecule is C=C[C@]1(C)C[C@@H](OC(=O)CSCC2CSCCN2c2c(N3CCSCC3)c(=O)c2=O)[C@]2(C)[C@H](C)CC[C@]3(CCC(=O)[C@H]32)[C@@H](C)[C@@H]1O. The highest BCUT2D eigenvalue weighted by molar-refractivity contribution is 8.00. The van der Waals surface area contributed by atoms with Crippen molar-refractivity contribution in [1.29, 1.82) is 0 Å². The molecule has 254 valence electrons. The zero-order chi connectivity index (χ0) is 33.0. The van der Waals surface area contributed by atoms with E-state index in [1.165, 1.54) is 11.8 Å². The van der Waals surface area contributed by atoms with Gasteiger partial charge in [-0.05, 0) is 42.9 Å². The summed E-state index contributed by atoms with van der Waals surface area (Å²) in [5.41, 5.74) is -1.09. The molecule has 1 N–H and O–H groups in total. The number of anilines is 2. The number of ether oxygens (including phenoxy) is 1. The highest BCUT2D eigenvalue weighted by atomic mass is 32.2. The van der Waals surface area contributed by atoms with Gasteiger partial charge in [0.25, 0.3) is 10.9 Å². The summed E-state index contributed by atoms with van der Waals surface area (Å²) < 4.78 is 6.44. The molecule has 46 heavy (non-hydrogen) atoms. The standard InChI is InChI=1S/C35H50N2O6S3/c1-6-33(4)17-25(34(5)21(2)7-9-35(22(3)32(33)42)10-8-24(38)31(34)35)43-26(39)20-46-19-23-18-45-16-13-37(23)28-27(29(40)30(28)41)36-11-14-44-15-12-36/h6,21-23,25,31-32,42H,1,7-20H2,2-5H3/t21-,22+,23?,25-,31+,32+,33-,34+,35+/m1/s1. The van der Waals surface area contributed by atoms with Crippen LogP contribution in [-0.4, -0.2) is 89.3 Å². The van der Waals surface area contributed by atoms with Crippen molar-refractivity contribution in [1.82, 2.24) is 0 Å². The van der Waals surface area contributed by atoms with E-state index in [9.17, 15) is 24.3 Å². The number of esters is 1. The Bertz CT molecular complexity index is 1420. The van der Waals surface area contributed by atoms with Crippen molar-refractivity contribution in [2.45, 2.75) is 78.0 Å². The fourth-order valence-corrected chi connectivity index (χ4v) is 12.8. The van der Waals surface area contributed by atoms with Gasteiger partial charge in [0.2, 0.25) is 0 Å². The lowest BCUT2D eigenvalue weighted by Gasteiger charge is -2.61. The highest BCUT2D eigenvalue weighted by Gasteiger charge is 2.68. The minimum Gasteiger partial charge on any atom is -0.461 e. The minimum atomic E-state index is -0.689. The van der Waals surface area contributed by atoms with E-state index in [2.05, 4.69) is 37.1 Å². The van der Waals surface area contributed by atoms with Crippen LogP contribution in [0.3, 0.4) is 0 Å². The van der Waals surface area contributed by atoms with Crippen molar-refractivity contribution in [2.24, 2.45) is 34.0 Å². The van der Waals surface area contributed by atoms with E-state index in [-0.39, 0.29) is 57.6 Å². The molecule has 8 nitrogen and oxygen atoms in total. The van der Waals surface area contributed by atoms with E-state index in [0.29, 0.717) is 36.5 Å². The van der Waals surface area contributed by atoms with Crippen LogP contribution >= 0.6 is 35.3 Å². The molecule has 5 aliphatic rings. The van der Waals surface area contributed by atoms with Gasteiger partial charge in [0.05, 0.1) is 11.9 Å². The summed E-state index contributed by atoms with van der Waals surface area (Å²) in [6, 6.07) is 0.0347. The summed E-state index contributed by atoms with van der Waals surface area (Å²) in [5.74, 6) is 4.24. The number of hydrogen-bond acceptors (Lipinski definition) is 11. The average Bonchev–Trinajstić information content (AvgIpc) is 3.42. The molecule has 2 bridgehead atoms. The molecule has 1 aromatic carbocycles. The van der Waals surface area contributed by atoms with Crippen molar-refractivity contribution >= 4 is 58.4 Å². The van der Waals surface area contributed by atoms with E-state index in [1.807, 2.05) is 36.5 Å². The zero-order valence-corrected chi connectivity index (χ0v) is 30.2. The molecule has 1 unspecified atom stereocenters. The number of aliphatic hydroxyl groups excluding tert-OH is 1. The number of hydrogen-bond donors (Lipinski definition) is 1. The first-order valence-corrected chi connectivity index (χ1v) is 20.5. The molecule has 2 saturated heterocycles. The van der Waals surface area contributed by atoms with E-state index in [0.717, 1.165) is 55.4 Å². The van der Waals surface area contributed by atoms with Gasteiger partial charge in [0.1, 0.15) is 23.3 Å². The topological polar surface area (TPSA) is 104 Å². The third-order valence-electron chi connectivity index (χ3n) is 12.8. The number of carbonyl (C=O) groups is 2. The lowest BCUT2D eigenvalue weighted by Crippen LogP contribution is -2.63. The zero-order valence-electron chi connectivity index (χ0n) is 27.8. The molecule has 0 spiro atoms. The summed E-state index contributed by atoms with van der Waals surface area (Å²) in [5, 5.41) is 11.8. The first kappa shape index (κ1) is 34.4. The normalized spacial score (nSPS) is 39.9. The van der Waals surface area contributed by atoms with Crippen LogP contribution in [0.4, 0.5) is 11.4 Å². The molecule has 1 aromatic rings. The van der Waals surface area contributed by atoms with Crippen molar-refractivity contribution in [3.05, 3.63) is 33.1 Å². The van der Waals surface area contributed by atoms with Crippen LogP contribution in [0.15, 0.2) is 22.2 Å². The summed E-state index contributed by atoms with van der Waals surface area (Å²) in [6.45, 7) is 14.9. The smallest absolute Gasteiger partial charge is 0.316 e. The van der Waals surface area contributed by atoms with Gasteiger partial charge in [0.15, 0.2) is 0 Å². The van der Waals surface area contributed by atoms with Crippen molar-refractivity contribution in [3.63, 3.8) is 0 Å². The molecule has 3 aliphatic carbocycles. The molecule has 0 aromatic heterocycles. The molecule has 5 fully saturated rings. The van der Waals surface area contributed by atoms with Crippen LogP contribution in [0.2, 0.25) is 0 Å². The van der Waals surface area contributed by atoms with Gasteiger partial charge < -0.3 is 19.6 Å². The Morgan fingerprint density at radius 2 is 1.76 bits per heavy atom. The quantitative estimate of drug-likeness (QED) is 0.239. The summed E-state index contributed by atoms with van der Waals surface area (Å²) in [7, 11) is 0. The van der Waals surface area contributed by atoms with Crippen molar-refractivity contribution in [2.75, 3.05) is 64.0 Å². The summed E-state index contributed by atoms with van der Waals surface area (Å²) in [6.07, 6.45) is 4.18. The van der Waals surface area contributed by atoms with Crippen LogP contribution in [-0.2, 0) is 14.3 Å². The molecule has 2 heterocycles. The molecular formula is C35H50N2O6S3. The third kappa shape index (κ3) is 5.51. The van der Waals surface area contributed by atoms with Crippen LogP contribution < -0.4 is 20.7 Å². The summed E-state index contributed by atoms with van der Waals surface area (Å²) in [4.78, 5) is 57.1. The Kier molecular flexibility index (Phi) is 9.82. The van der Waals surface area contributed by atoms with Gasteiger partial charge in [-0.15, -0.1) is 18.3 Å². The van der Waals surface area contributed by atoms with Crippen LogP contribution in [0.1, 0.15) is 59.8 Å². The minimum absolute atomic E-state index is 0.0347. The second-order valence-corrected chi connectivity index (χ2v) is 18.4. The fourth-order valence-electron chi connectivity index (χ4n) is 9.77. The van der Waals surface area contributed by atoms with Crippen LogP contribution in [0, 0.1) is 34.0 Å². The number of nitrogens with zero attached hydrogens (tertiary/aromatic N) is 2. The molecule has 3 saturated carbocycles. The predicted octanol–water partition coefficient (Wildman–Crippen LogP) is 4.40. The Morgan fingerprint density at radius 3 is 2.48 bits per heavy atom. The molecule has 11 heteroatoms. The second-order valence-electron chi connectivity index (χ2n) is 15.0. The van der Waals surface area contributed by atoms with E-state index >= 15 is 0 Å². The van der Waals surface area contributed by atoms with Crippen molar-refractivity contribution < 1.29 is 19.4 Å². The maximum absolute atomic E-state index is 13.7. The largest absolute Gasteiger partial charge is 0.461 e. The van der Waals surface area contributed by atoms with Gasteiger partial charge in [-0.25, -0.2) is 0 Å². The average molecular weight is 691 g/mol. The number of aliphatic hydroxyl groups is 1. The van der Waals surface area contributed by atoms with E-state index in [1.54, 1.807) is 0 Å². The number of rotatable bonds is 8. The second kappa shape index (κ2) is 13.1.